The number of benzene rings is 1. The van der Waals surface area contributed by atoms with Crippen molar-refractivity contribution in [1.29, 1.82) is 0 Å². The molecule has 3 rings (SSSR count). The first-order chi connectivity index (χ1) is 12.6. The van der Waals surface area contributed by atoms with Crippen molar-refractivity contribution in [3.05, 3.63) is 42.2 Å². The van der Waals surface area contributed by atoms with Crippen LogP contribution in [0.15, 0.2) is 36.4 Å². The minimum atomic E-state index is -0.169. The topological polar surface area (TPSA) is 76.5 Å². The number of amides is 2. The molecule has 0 aliphatic carbocycles. The third kappa shape index (κ3) is 4.11. The standard InChI is InChI=1S/C19H24N4O3/c1-14(2)19(25)20-8-7-17-21-15-5-3-4-6-16(15)23(17)13-18(24)22-9-11-26-12-10-22/h3-6H,1,7-13H2,2H3,(H,20,25). The molecule has 2 heterocycles. The second kappa shape index (κ2) is 8.14. The summed E-state index contributed by atoms with van der Waals surface area (Å²) in [6.07, 6.45) is 0.546. The van der Waals surface area contributed by atoms with Gasteiger partial charge in [-0.25, -0.2) is 4.98 Å². The minimum absolute atomic E-state index is 0.0590. The number of nitrogens with one attached hydrogen (secondary N) is 1. The number of hydrogen-bond donors (Lipinski definition) is 1. The fourth-order valence-corrected chi connectivity index (χ4v) is 2.98. The van der Waals surface area contributed by atoms with Gasteiger partial charge in [-0.2, -0.15) is 0 Å². The Hall–Kier alpha value is -2.67. The minimum Gasteiger partial charge on any atom is -0.378 e. The van der Waals surface area contributed by atoms with Gasteiger partial charge in [-0.1, -0.05) is 18.7 Å². The third-order valence-corrected chi connectivity index (χ3v) is 4.41. The Bertz CT molecular complexity index is 821. The number of morpholine rings is 1. The van der Waals surface area contributed by atoms with E-state index >= 15 is 0 Å². The average molecular weight is 356 g/mol. The summed E-state index contributed by atoms with van der Waals surface area (Å²) in [7, 11) is 0. The van der Waals surface area contributed by atoms with E-state index in [1.54, 1.807) is 6.92 Å². The SMILES string of the molecule is C=C(C)C(=O)NCCc1nc2ccccc2n1CC(=O)N1CCOCC1. The van der Waals surface area contributed by atoms with Gasteiger partial charge in [-0.15, -0.1) is 0 Å². The number of nitrogens with zero attached hydrogens (tertiary/aromatic N) is 3. The van der Waals surface area contributed by atoms with E-state index in [9.17, 15) is 9.59 Å². The summed E-state index contributed by atoms with van der Waals surface area (Å²) in [5.74, 6) is 0.676. The van der Waals surface area contributed by atoms with Crippen LogP contribution >= 0.6 is 0 Å². The van der Waals surface area contributed by atoms with Gasteiger partial charge in [0.25, 0.3) is 0 Å². The maximum atomic E-state index is 12.7. The molecule has 7 nitrogen and oxygen atoms in total. The van der Waals surface area contributed by atoms with Gasteiger partial charge in [-0.05, 0) is 19.1 Å². The molecule has 0 spiro atoms. The zero-order chi connectivity index (χ0) is 18.5. The van der Waals surface area contributed by atoms with Gasteiger partial charge in [0.15, 0.2) is 0 Å². The number of rotatable bonds is 6. The van der Waals surface area contributed by atoms with E-state index in [4.69, 9.17) is 4.74 Å². The van der Waals surface area contributed by atoms with Crippen LogP contribution in [0.4, 0.5) is 0 Å². The summed E-state index contributed by atoms with van der Waals surface area (Å²) in [5, 5.41) is 2.82. The Kier molecular flexibility index (Phi) is 5.68. The molecule has 7 heteroatoms. The zero-order valence-corrected chi connectivity index (χ0v) is 15.0. The molecule has 1 saturated heterocycles. The number of hydrogen-bond acceptors (Lipinski definition) is 4. The summed E-state index contributed by atoms with van der Waals surface area (Å²) in [6.45, 7) is 8.39. The number of carbonyl (C=O) groups is 2. The lowest BCUT2D eigenvalue weighted by molar-refractivity contribution is -0.135. The van der Waals surface area contributed by atoms with Crippen molar-refractivity contribution in [1.82, 2.24) is 19.8 Å². The van der Waals surface area contributed by atoms with Gasteiger partial charge in [-0.3, -0.25) is 9.59 Å². The summed E-state index contributed by atoms with van der Waals surface area (Å²) >= 11 is 0. The smallest absolute Gasteiger partial charge is 0.246 e. The van der Waals surface area contributed by atoms with E-state index in [0.717, 1.165) is 16.9 Å². The Morgan fingerprint density at radius 3 is 2.73 bits per heavy atom. The predicted molar refractivity (Wildman–Crippen MR) is 98.7 cm³/mol. The molecule has 0 saturated carbocycles. The molecule has 0 unspecified atom stereocenters. The Morgan fingerprint density at radius 2 is 2.00 bits per heavy atom. The van der Waals surface area contributed by atoms with Gasteiger partial charge in [0.2, 0.25) is 11.8 Å². The number of carbonyl (C=O) groups excluding carboxylic acids is 2. The quantitative estimate of drug-likeness (QED) is 0.787. The van der Waals surface area contributed by atoms with Crippen molar-refractivity contribution in [2.75, 3.05) is 32.8 Å². The Labute approximate surface area is 152 Å². The van der Waals surface area contributed by atoms with Gasteiger partial charge in [0.1, 0.15) is 12.4 Å². The zero-order valence-electron chi connectivity index (χ0n) is 15.0. The molecule has 0 atom stereocenters. The van der Waals surface area contributed by atoms with Crippen LogP contribution in [0.5, 0.6) is 0 Å². The molecule has 26 heavy (non-hydrogen) atoms. The van der Waals surface area contributed by atoms with Crippen LogP contribution in [0, 0.1) is 0 Å². The summed E-state index contributed by atoms with van der Waals surface area (Å²) in [4.78, 5) is 30.8. The molecule has 1 fully saturated rings. The molecular formula is C19H24N4O3. The maximum absolute atomic E-state index is 12.7. The summed E-state index contributed by atoms with van der Waals surface area (Å²) in [5.41, 5.74) is 2.25. The molecule has 2 amide bonds. The molecule has 1 aliphatic rings. The average Bonchev–Trinajstić information content (AvgIpc) is 3.00. The largest absolute Gasteiger partial charge is 0.378 e. The van der Waals surface area contributed by atoms with Crippen molar-refractivity contribution in [3.63, 3.8) is 0 Å². The van der Waals surface area contributed by atoms with E-state index in [1.807, 2.05) is 33.7 Å². The monoisotopic (exact) mass is 356 g/mol. The maximum Gasteiger partial charge on any atom is 0.246 e. The molecule has 1 aromatic heterocycles. The van der Waals surface area contributed by atoms with Gasteiger partial charge in [0.05, 0.1) is 24.2 Å². The van der Waals surface area contributed by atoms with Crippen LogP contribution in [0.3, 0.4) is 0 Å². The highest BCUT2D eigenvalue weighted by molar-refractivity contribution is 5.92. The lowest BCUT2D eigenvalue weighted by Gasteiger charge is -2.27. The van der Waals surface area contributed by atoms with Crippen molar-refractivity contribution < 1.29 is 14.3 Å². The van der Waals surface area contributed by atoms with E-state index < -0.39 is 0 Å². The molecule has 138 valence electrons. The first-order valence-electron chi connectivity index (χ1n) is 8.79. The number of aromatic nitrogens is 2. The highest BCUT2D eigenvalue weighted by Gasteiger charge is 2.20. The second-order valence-electron chi connectivity index (χ2n) is 6.38. The van der Waals surface area contributed by atoms with Crippen LogP contribution < -0.4 is 5.32 Å². The second-order valence-corrected chi connectivity index (χ2v) is 6.38. The molecule has 1 aliphatic heterocycles. The van der Waals surface area contributed by atoms with E-state index in [0.29, 0.717) is 44.8 Å². The molecular weight excluding hydrogens is 332 g/mol. The molecule has 0 radical (unpaired) electrons. The van der Waals surface area contributed by atoms with Gasteiger partial charge in [0, 0.05) is 31.6 Å². The first-order valence-corrected chi connectivity index (χ1v) is 8.79. The molecule has 1 aromatic carbocycles. The van der Waals surface area contributed by atoms with Crippen molar-refractivity contribution in [2.24, 2.45) is 0 Å². The number of fused-ring (bicyclic) bond motifs is 1. The first kappa shape index (κ1) is 18.1. The van der Waals surface area contributed by atoms with E-state index in [-0.39, 0.29) is 18.4 Å². The normalized spacial score (nSPS) is 14.4. The van der Waals surface area contributed by atoms with E-state index in [2.05, 4.69) is 16.9 Å². The van der Waals surface area contributed by atoms with Crippen molar-refractivity contribution >= 4 is 22.8 Å². The predicted octanol–water partition coefficient (Wildman–Crippen LogP) is 1.13. The summed E-state index contributed by atoms with van der Waals surface area (Å²) in [6, 6.07) is 7.76. The van der Waals surface area contributed by atoms with Crippen molar-refractivity contribution in [2.45, 2.75) is 19.9 Å². The fraction of sp³-hybridized carbons (Fsp3) is 0.421. The Balaban J connectivity index is 1.76. The fourth-order valence-electron chi connectivity index (χ4n) is 2.98. The third-order valence-electron chi connectivity index (χ3n) is 4.41. The Morgan fingerprint density at radius 1 is 1.27 bits per heavy atom. The highest BCUT2D eigenvalue weighted by atomic mass is 16.5. The van der Waals surface area contributed by atoms with Crippen LogP contribution in [0.1, 0.15) is 12.7 Å². The molecule has 1 N–H and O–H groups in total. The lowest BCUT2D eigenvalue weighted by Crippen LogP contribution is -2.42. The number of para-hydroxylation sites is 2. The van der Waals surface area contributed by atoms with Crippen LogP contribution in [0.25, 0.3) is 11.0 Å². The summed E-state index contributed by atoms with van der Waals surface area (Å²) < 4.78 is 7.26. The molecule has 2 aromatic rings. The highest BCUT2D eigenvalue weighted by Crippen LogP contribution is 2.17. The number of ether oxygens (including phenoxy) is 1. The number of imidazole rings is 1. The molecule has 0 bridgehead atoms. The van der Waals surface area contributed by atoms with Gasteiger partial charge < -0.3 is 19.5 Å². The van der Waals surface area contributed by atoms with Crippen LogP contribution in [-0.2, 0) is 27.3 Å². The van der Waals surface area contributed by atoms with Gasteiger partial charge >= 0.3 is 0 Å². The van der Waals surface area contributed by atoms with Crippen LogP contribution in [-0.4, -0.2) is 59.1 Å². The lowest BCUT2D eigenvalue weighted by atomic mass is 10.3. The van der Waals surface area contributed by atoms with Crippen molar-refractivity contribution in [3.8, 4) is 0 Å². The van der Waals surface area contributed by atoms with E-state index in [1.165, 1.54) is 0 Å². The van der Waals surface area contributed by atoms with Crippen LogP contribution in [0.2, 0.25) is 0 Å².